The smallest absolute Gasteiger partial charge is 0.275 e. The second-order valence-corrected chi connectivity index (χ2v) is 5.97. The maximum Gasteiger partial charge on any atom is 0.277 e. The minimum Gasteiger partial charge on any atom is -0.275 e. The number of nitrogens with zero attached hydrogens (tertiary/aromatic N) is 6. The number of fused-ring (bicyclic) bond motifs is 1. The number of thiazole rings is 1. The van der Waals surface area contributed by atoms with Crippen LogP contribution in [-0.2, 0) is 13.6 Å². The normalized spacial score (nSPS) is 11.2. The predicted molar refractivity (Wildman–Crippen MR) is 87.2 cm³/mol. The van der Waals surface area contributed by atoms with Crippen molar-refractivity contribution in [3.8, 4) is 10.6 Å². The fourth-order valence-corrected chi connectivity index (χ4v) is 3.11. The van der Waals surface area contributed by atoms with Crippen molar-refractivity contribution in [2.45, 2.75) is 6.54 Å². The minimum atomic E-state index is -0.161. The van der Waals surface area contributed by atoms with Crippen LogP contribution in [0.1, 0.15) is 5.69 Å². The van der Waals surface area contributed by atoms with Gasteiger partial charge in [0.25, 0.3) is 5.56 Å². The molecule has 0 radical (unpaired) electrons. The molecule has 0 amide bonds. The van der Waals surface area contributed by atoms with Crippen molar-refractivity contribution in [1.82, 2.24) is 29.8 Å². The van der Waals surface area contributed by atoms with E-state index in [4.69, 9.17) is 0 Å². The Hall–Kier alpha value is -2.87. The van der Waals surface area contributed by atoms with Crippen molar-refractivity contribution < 1.29 is 0 Å². The molecule has 0 fully saturated rings. The van der Waals surface area contributed by atoms with Crippen molar-refractivity contribution in [2.24, 2.45) is 7.05 Å². The zero-order chi connectivity index (χ0) is 15.8. The third-order valence-corrected chi connectivity index (χ3v) is 4.38. The molecule has 4 rings (SSSR count). The van der Waals surface area contributed by atoms with E-state index in [-0.39, 0.29) is 5.56 Å². The monoisotopic (exact) mass is 324 g/mol. The van der Waals surface area contributed by atoms with E-state index in [0.717, 1.165) is 16.3 Å². The first-order valence-electron chi connectivity index (χ1n) is 6.97. The molecule has 4 aromatic rings. The van der Waals surface area contributed by atoms with Gasteiger partial charge in [-0.3, -0.25) is 9.48 Å². The third kappa shape index (κ3) is 2.53. The minimum absolute atomic E-state index is 0.161. The molecule has 0 bridgehead atoms. The average molecular weight is 324 g/mol. The summed E-state index contributed by atoms with van der Waals surface area (Å²) in [5.74, 6) is 0. The Kier molecular flexibility index (Phi) is 3.23. The molecule has 8 heteroatoms. The maximum absolute atomic E-state index is 12.4. The van der Waals surface area contributed by atoms with Crippen LogP contribution in [0.2, 0.25) is 0 Å². The van der Waals surface area contributed by atoms with Gasteiger partial charge in [0.1, 0.15) is 10.5 Å². The molecule has 3 heterocycles. The molecule has 0 aliphatic heterocycles. The van der Waals surface area contributed by atoms with Crippen LogP contribution in [0.4, 0.5) is 0 Å². The topological polar surface area (TPSA) is 78.5 Å². The zero-order valence-electron chi connectivity index (χ0n) is 12.2. The Balaban J connectivity index is 1.67. The molecule has 23 heavy (non-hydrogen) atoms. The summed E-state index contributed by atoms with van der Waals surface area (Å²) in [6.07, 6.45) is 3.68. The van der Waals surface area contributed by atoms with Gasteiger partial charge >= 0.3 is 0 Å². The summed E-state index contributed by atoms with van der Waals surface area (Å²) >= 11 is 1.52. The van der Waals surface area contributed by atoms with E-state index in [1.807, 2.05) is 30.8 Å². The lowest BCUT2D eigenvalue weighted by atomic mass is 10.2. The van der Waals surface area contributed by atoms with Crippen LogP contribution < -0.4 is 5.56 Å². The molecule has 0 N–H and O–H groups in total. The van der Waals surface area contributed by atoms with Gasteiger partial charge in [0.05, 0.1) is 23.8 Å². The van der Waals surface area contributed by atoms with Crippen LogP contribution >= 0.6 is 11.3 Å². The molecule has 0 aliphatic rings. The number of hydrogen-bond acceptors (Lipinski definition) is 6. The van der Waals surface area contributed by atoms with E-state index >= 15 is 0 Å². The molecule has 0 aliphatic carbocycles. The summed E-state index contributed by atoms with van der Waals surface area (Å²) < 4.78 is 3.07. The molecule has 114 valence electrons. The lowest BCUT2D eigenvalue weighted by Crippen LogP contribution is -2.24. The Morgan fingerprint density at radius 3 is 2.96 bits per heavy atom. The van der Waals surface area contributed by atoms with E-state index in [1.54, 1.807) is 23.0 Å². The third-order valence-electron chi connectivity index (χ3n) is 3.44. The van der Waals surface area contributed by atoms with Crippen LogP contribution in [0.25, 0.3) is 21.5 Å². The summed E-state index contributed by atoms with van der Waals surface area (Å²) in [5.41, 5.74) is 2.18. The zero-order valence-corrected chi connectivity index (χ0v) is 13.1. The van der Waals surface area contributed by atoms with E-state index in [0.29, 0.717) is 17.4 Å². The van der Waals surface area contributed by atoms with Gasteiger partial charge in [-0.25, -0.2) is 9.67 Å². The van der Waals surface area contributed by atoms with E-state index in [2.05, 4.69) is 20.4 Å². The molecular formula is C15H12N6OS. The molecule has 0 saturated carbocycles. The van der Waals surface area contributed by atoms with Gasteiger partial charge in [-0.2, -0.15) is 5.10 Å². The summed E-state index contributed by atoms with van der Waals surface area (Å²) in [7, 11) is 1.86. The molecule has 1 aromatic carbocycles. The number of benzene rings is 1. The fourth-order valence-electron chi connectivity index (χ4n) is 2.32. The van der Waals surface area contributed by atoms with E-state index in [1.165, 1.54) is 16.0 Å². The Morgan fingerprint density at radius 1 is 1.26 bits per heavy atom. The van der Waals surface area contributed by atoms with Crippen LogP contribution in [0.3, 0.4) is 0 Å². The van der Waals surface area contributed by atoms with Gasteiger partial charge < -0.3 is 0 Å². The summed E-state index contributed by atoms with van der Waals surface area (Å²) in [4.78, 5) is 17.0. The first-order chi connectivity index (χ1) is 11.2. The highest BCUT2D eigenvalue weighted by Gasteiger charge is 2.10. The van der Waals surface area contributed by atoms with Crippen molar-refractivity contribution in [2.75, 3.05) is 0 Å². The van der Waals surface area contributed by atoms with Gasteiger partial charge in [0.2, 0.25) is 0 Å². The fraction of sp³-hybridized carbons (Fsp3) is 0.133. The largest absolute Gasteiger partial charge is 0.277 e. The summed E-state index contributed by atoms with van der Waals surface area (Å²) in [6, 6.07) is 7.18. The predicted octanol–water partition coefficient (Wildman–Crippen LogP) is 1.70. The van der Waals surface area contributed by atoms with Gasteiger partial charge in [-0.1, -0.05) is 17.3 Å². The molecule has 7 nitrogen and oxygen atoms in total. The SMILES string of the molecule is Cn1cc(-c2nc(Cn3nnc4ccccc4c3=O)cs2)cn1. The van der Waals surface area contributed by atoms with Crippen LogP contribution in [0.15, 0.2) is 46.8 Å². The number of hydrogen-bond donors (Lipinski definition) is 0. The average Bonchev–Trinajstić information content (AvgIpc) is 3.19. The van der Waals surface area contributed by atoms with Gasteiger partial charge in [-0.15, -0.1) is 16.4 Å². The first kappa shape index (κ1) is 13.8. The highest BCUT2D eigenvalue weighted by Crippen LogP contribution is 2.23. The van der Waals surface area contributed by atoms with E-state index in [9.17, 15) is 4.79 Å². The molecule has 0 spiro atoms. The summed E-state index contributed by atoms with van der Waals surface area (Å²) in [5, 5.41) is 15.6. The van der Waals surface area contributed by atoms with Crippen molar-refractivity contribution >= 4 is 22.2 Å². The summed E-state index contributed by atoms with van der Waals surface area (Å²) in [6.45, 7) is 0.299. The van der Waals surface area contributed by atoms with Crippen LogP contribution in [0.5, 0.6) is 0 Å². The van der Waals surface area contributed by atoms with Crippen molar-refractivity contribution in [3.05, 3.63) is 58.1 Å². The quantitative estimate of drug-likeness (QED) is 0.573. The standard InChI is InChI=1S/C15H12N6OS/c1-20-7-10(6-16-20)14-17-11(9-23-14)8-21-15(22)12-4-2-3-5-13(12)18-19-21/h2-7,9H,8H2,1H3. The Labute approximate surface area is 134 Å². The highest BCUT2D eigenvalue weighted by atomic mass is 32.1. The number of aryl methyl sites for hydroxylation is 1. The molecular weight excluding hydrogens is 312 g/mol. The second kappa shape index (κ2) is 5.40. The number of rotatable bonds is 3. The Morgan fingerprint density at radius 2 is 2.13 bits per heavy atom. The molecule has 0 saturated heterocycles. The van der Waals surface area contributed by atoms with Gasteiger partial charge in [0, 0.05) is 24.2 Å². The van der Waals surface area contributed by atoms with Gasteiger partial charge in [0.15, 0.2) is 0 Å². The van der Waals surface area contributed by atoms with Crippen molar-refractivity contribution in [1.29, 1.82) is 0 Å². The Bertz CT molecular complexity index is 1050. The van der Waals surface area contributed by atoms with E-state index < -0.39 is 0 Å². The van der Waals surface area contributed by atoms with Gasteiger partial charge in [-0.05, 0) is 12.1 Å². The molecule has 3 aromatic heterocycles. The molecule has 0 unspecified atom stereocenters. The molecule has 0 atom stereocenters. The maximum atomic E-state index is 12.4. The lowest BCUT2D eigenvalue weighted by molar-refractivity contribution is 0.594. The lowest BCUT2D eigenvalue weighted by Gasteiger charge is -2.02. The second-order valence-electron chi connectivity index (χ2n) is 5.12. The van der Waals surface area contributed by atoms with Crippen LogP contribution in [-0.4, -0.2) is 29.8 Å². The van der Waals surface area contributed by atoms with Crippen molar-refractivity contribution in [3.63, 3.8) is 0 Å². The number of aromatic nitrogens is 6. The highest BCUT2D eigenvalue weighted by molar-refractivity contribution is 7.13. The van der Waals surface area contributed by atoms with Crippen LogP contribution in [0, 0.1) is 0 Å². The first-order valence-corrected chi connectivity index (χ1v) is 7.84.